The molecule has 22 heavy (non-hydrogen) atoms. The van der Waals surface area contributed by atoms with Crippen molar-refractivity contribution in [2.75, 3.05) is 6.54 Å². The Kier molecular flexibility index (Phi) is 5.33. The monoisotopic (exact) mass is 300 g/mol. The molecule has 0 radical (unpaired) electrons. The zero-order valence-corrected chi connectivity index (χ0v) is 13.5. The minimum absolute atomic E-state index is 0.0407. The first-order chi connectivity index (χ1) is 10.5. The number of aromatic nitrogens is 2. The molecular formula is C17H24N4O. The van der Waals surface area contributed by atoms with Gasteiger partial charge < -0.3 is 15.6 Å². The van der Waals surface area contributed by atoms with Gasteiger partial charge in [-0.2, -0.15) is 0 Å². The van der Waals surface area contributed by atoms with Gasteiger partial charge in [0.2, 0.25) is 0 Å². The van der Waals surface area contributed by atoms with Crippen LogP contribution in [0, 0.1) is 13.8 Å². The van der Waals surface area contributed by atoms with Crippen LogP contribution in [0.3, 0.4) is 0 Å². The van der Waals surface area contributed by atoms with E-state index in [1.165, 1.54) is 0 Å². The number of hydrogen-bond acceptors (Lipinski definition) is 3. The van der Waals surface area contributed by atoms with Crippen molar-refractivity contribution in [3.05, 3.63) is 53.1 Å². The minimum Gasteiger partial charge on any atom is -0.352 e. The molecule has 3 N–H and O–H groups in total. The smallest absolute Gasteiger partial charge is 0.253 e. The molecule has 1 atom stereocenters. The van der Waals surface area contributed by atoms with E-state index in [0.717, 1.165) is 29.1 Å². The summed E-state index contributed by atoms with van der Waals surface area (Å²) >= 11 is 0. The summed E-state index contributed by atoms with van der Waals surface area (Å²) in [6, 6.07) is 7.88. The van der Waals surface area contributed by atoms with Crippen LogP contribution in [0.25, 0.3) is 0 Å². The van der Waals surface area contributed by atoms with Crippen LogP contribution in [-0.4, -0.2) is 28.0 Å². The van der Waals surface area contributed by atoms with Crippen LogP contribution in [0.2, 0.25) is 0 Å². The molecule has 2 heterocycles. The number of rotatable bonds is 6. The summed E-state index contributed by atoms with van der Waals surface area (Å²) in [4.78, 5) is 16.6. The highest BCUT2D eigenvalue weighted by molar-refractivity contribution is 5.95. The van der Waals surface area contributed by atoms with E-state index in [2.05, 4.69) is 14.9 Å². The van der Waals surface area contributed by atoms with Gasteiger partial charge in [0, 0.05) is 30.2 Å². The van der Waals surface area contributed by atoms with E-state index in [-0.39, 0.29) is 11.9 Å². The normalized spacial score (nSPS) is 12.2. The van der Waals surface area contributed by atoms with Crippen LogP contribution in [0.15, 0.2) is 30.5 Å². The van der Waals surface area contributed by atoms with Crippen molar-refractivity contribution in [2.45, 2.75) is 39.8 Å². The van der Waals surface area contributed by atoms with Gasteiger partial charge in [-0.1, -0.05) is 6.07 Å². The number of carbonyl (C=O) groups is 1. The van der Waals surface area contributed by atoms with E-state index < -0.39 is 0 Å². The quantitative estimate of drug-likeness (QED) is 0.857. The molecule has 118 valence electrons. The Hall–Kier alpha value is -2.14. The lowest BCUT2D eigenvalue weighted by molar-refractivity contribution is 0.0952. The van der Waals surface area contributed by atoms with E-state index in [1.807, 2.05) is 45.0 Å². The second kappa shape index (κ2) is 7.22. The van der Waals surface area contributed by atoms with E-state index in [1.54, 1.807) is 6.20 Å². The summed E-state index contributed by atoms with van der Waals surface area (Å²) in [7, 11) is 0. The second-order valence-corrected chi connectivity index (χ2v) is 5.71. The molecule has 0 aromatic carbocycles. The maximum Gasteiger partial charge on any atom is 0.253 e. The Morgan fingerprint density at radius 1 is 1.41 bits per heavy atom. The molecule has 0 aliphatic carbocycles. The minimum atomic E-state index is -0.0407. The number of nitrogens with one attached hydrogen (secondary N) is 1. The lowest BCUT2D eigenvalue weighted by atomic mass is 10.2. The molecule has 1 amide bonds. The summed E-state index contributed by atoms with van der Waals surface area (Å²) in [6.45, 7) is 7.18. The maximum atomic E-state index is 12.3. The predicted molar refractivity (Wildman–Crippen MR) is 87.8 cm³/mol. The van der Waals surface area contributed by atoms with Crippen LogP contribution < -0.4 is 11.1 Å². The average molecular weight is 300 g/mol. The number of hydrogen-bond donors (Lipinski definition) is 2. The van der Waals surface area contributed by atoms with Gasteiger partial charge in [-0.3, -0.25) is 9.78 Å². The molecule has 0 saturated carbocycles. The first-order valence-electron chi connectivity index (χ1n) is 7.59. The highest BCUT2D eigenvalue weighted by Crippen LogP contribution is 2.16. The van der Waals surface area contributed by atoms with Crippen molar-refractivity contribution in [3.63, 3.8) is 0 Å². The average Bonchev–Trinajstić information content (AvgIpc) is 2.76. The topological polar surface area (TPSA) is 72.9 Å². The highest BCUT2D eigenvalue weighted by Gasteiger charge is 2.15. The van der Waals surface area contributed by atoms with E-state index in [0.29, 0.717) is 13.1 Å². The zero-order chi connectivity index (χ0) is 16.1. The SMILES string of the molecule is Cc1cc(C(=O)NCCC(C)N)c(C)n1Cc1ccccn1. The summed E-state index contributed by atoms with van der Waals surface area (Å²) in [5, 5.41) is 2.93. The molecule has 2 aromatic heterocycles. The highest BCUT2D eigenvalue weighted by atomic mass is 16.1. The molecule has 5 nitrogen and oxygen atoms in total. The van der Waals surface area contributed by atoms with Gasteiger partial charge in [-0.05, 0) is 45.4 Å². The van der Waals surface area contributed by atoms with Crippen LogP contribution in [-0.2, 0) is 6.54 Å². The molecule has 0 saturated heterocycles. The number of aryl methyl sites for hydroxylation is 1. The van der Waals surface area contributed by atoms with Crippen molar-refractivity contribution in [1.82, 2.24) is 14.9 Å². The van der Waals surface area contributed by atoms with Gasteiger partial charge in [0.1, 0.15) is 0 Å². The number of amides is 1. The first kappa shape index (κ1) is 16.2. The van der Waals surface area contributed by atoms with Crippen molar-refractivity contribution in [3.8, 4) is 0 Å². The third kappa shape index (κ3) is 3.95. The number of nitrogens with two attached hydrogens (primary N) is 1. The molecule has 0 bridgehead atoms. The van der Waals surface area contributed by atoms with E-state index in [9.17, 15) is 4.79 Å². The third-order valence-corrected chi connectivity index (χ3v) is 3.75. The Bertz CT molecular complexity index is 632. The summed E-state index contributed by atoms with van der Waals surface area (Å²) in [5.74, 6) is -0.0407. The largest absolute Gasteiger partial charge is 0.352 e. The Labute approximate surface area is 131 Å². The van der Waals surface area contributed by atoms with E-state index in [4.69, 9.17) is 5.73 Å². The fourth-order valence-corrected chi connectivity index (χ4v) is 2.44. The van der Waals surface area contributed by atoms with Crippen molar-refractivity contribution >= 4 is 5.91 Å². The van der Waals surface area contributed by atoms with Gasteiger partial charge in [0.05, 0.1) is 17.8 Å². The third-order valence-electron chi connectivity index (χ3n) is 3.75. The summed E-state index contributed by atoms with van der Waals surface area (Å²) in [6.07, 6.45) is 2.56. The van der Waals surface area contributed by atoms with Crippen molar-refractivity contribution in [1.29, 1.82) is 0 Å². The maximum absolute atomic E-state index is 12.3. The van der Waals surface area contributed by atoms with Crippen LogP contribution in [0.5, 0.6) is 0 Å². The molecule has 2 rings (SSSR count). The van der Waals surface area contributed by atoms with Crippen LogP contribution in [0.4, 0.5) is 0 Å². The van der Waals surface area contributed by atoms with Gasteiger partial charge >= 0.3 is 0 Å². The number of pyridine rings is 1. The lowest BCUT2D eigenvalue weighted by Crippen LogP contribution is -2.29. The Morgan fingerprint density at radius 3 is 2.82 bits per heavy atom. The number of nitrogens with zero attached hydrogens (tertiary/aromatic N) is 2. The number of carbonyl (C=O) groups excluding carboxylic acids is 1. The molecule has 0 aliphatic heterocycles. The summed E-state index contributed by atoms with van der Waals surface area (Å²) < 4.78 is 2.11. The molecule has 0 spiro atoms. The fourth-order valence-electron chi connectivity index (χ4n) is 2.44. The summed E-state index contributed by atoms with van der Waals surface area (Å²) in [5.41, 5.74) is 9.42. The van der Waals surface area contributed by atoms with E-state index >= 15 is 0 Å². The fraction of sp³-hybridized carbons (Fsp3) is 0.412. The standard InChI is InChI=1S/C17H24N4O/c1-12(18)7-9-20-17(22)16-10-13(2)21(14(16)3)11-15-6-4-5-8-19-15/h4-6,8,10,12H,7,9,11,18H2,1-3H3,(H,20,22). The van der Waals surface area contributed by atoms with Gasteiger partial charge in [0.15, 0.2) is 0 Å². The van der Waals surface area contributed by atoms with Crippen molar-refractivity contribution < 1.29 is 4.79 Å². The Morgan fingerprint density at radius 2 is 2.18 bits per heavy atom. The Balaban J connectivity index is 2.11. The zero-order valence-electron chi connectivity index (χ0n) is 13.5. The first-order valence-corrected chi connectivity index (χ1v) is 7.59. The van der Waals surface area contributed by atoms with Crippen molar-refractivity contribution in [2.24, 2.45) is 5.73 Å². The van der Waals surface area contributed by atoms with Crippen LogP contribution in [0.1, 0.15) is 40.8 Å². The molecular weight excluding hydrogens is 276 g/mol. The molecule has 0 fully saturated rings. The van der Waals surface area contributed by atoms with Crippen LogP contribution >= 0.6 is 0 Å². The van der Waals surface area contributed by atoms with Gasteiger partial charge in [0.25, 0.3) is 5.91 Å². The van der Waals surface area contributed by atoms with Gasteiger partial charge in [-0.25, -0.2) is 0 Å². The lowest BCUT2D eigenvalue weighted by Gasteiger charge is -2.10. The second-order valence-electron chi connectivity index (χ2n) is 5.71. The molecule has 2 aromatic rings. The molecule has 5 heteroatoms. The molecule has 0 aliphatic rings. The van der Waals surface area contributed by atoms with Gasteiger partial charge in [-0.15, -0.1) is 0 Å². The predicted octanol–water partition coefficient (Wildman–Crippen LogP) is 2.02. The molecule has 1 unspecified atom stereocenters.